The summed E-state index contributed by atoms with van der Waals surface area (Å²) >= 11 is 5.60. The SMILES string of the molecule is O=C(O)c1nnn(Cc2ccc(Cl)nc2)c1C(F)F. The summed E-state index contributed by atoms with van der Waals surface area (Å²) in [6.45, 7) is -0.0654. The molecule has 9 heteroatoms. The molecule has 2 aromatic heterocycles. The maximum atomic E-state index is 12.8. The van der Waals surface area contributed by atoms with Crippen LogP contribution in [0, 0.1) is 0 Å². The molecule has 0 amide bonds. The lowest BCUT2D eigenvalue weighted by Crippen LogP contribution is -2.10. The average Bonchev–Trinajstić information content (AvgIpc) is 2.76. The summed E-state index contributed by atoms with van der Waals surface area (Å²) in [5.41, 5.74) is -0.937. The van der Waals surface area contributed by atoms with Crippen LogP contribution in [0.4, 0.5) is 8.78 Å². The highest BCUT2D eigenvalue weighted by molar-refractivity contribution is 6.29. The molecule has 0 aliphatic carbocycles. The van der Waals surface area contributed by atoms with Crippen LogP contribution in [0.2, 0.25) is 5.15 Å². The standard InChI is InChI=1S/C10H7ClF2N4O2/c11-6-2-1-5(3-14-6)4-17-8(9(12)13)7(10(18)19)15-16-17/h1-3,9H,4H2,(H,18,19). The van der Waals surface area contributed by atoms with Gasteiger partial charge in [0.25, 0.3) is 6.43 Å². The van der Waals surface area contributed by atoms with E-state index >= 15 is 0 Å². The van der Waals surface area contributed by atoms with Gasteiger partial charge in [0.05, 0.1) is 6.54 Å². The van der Waals surface area contributed by atoms with Crippen LogP contribution in [-0.2, 0) is 6.54 Å². The van der Waals surface area contributed by atoms with E-state index in [0.717, 1.165) is 4.68 Å². The molecule has 19 heavy (non-hydrogen) atoms. The van der Waals surface area contributed by atoms with Gasteiger partial charge in [0.2, 0.25) is 0 Å². The van der Waals surface area contributed by atoms with Gasteiger partial charge in [-0.1, -0.05) is 22.9 Å². The number of hydrogen-bond acceptors (Lipinski definition) is 4. The minimum absolute atomic E-state index is 0.0654. The normalized spacial score (nSPS) is 10.9. The van der Waals surface area contributed by atoms with Crippen LogP contribution in [0.1, 0.15) is 28.2 Å². The highest BCUT2D eigenvalue weighted by atomic mass is 35.5. The molecule has 0 fully saturated rings. The van der Waals surface area contributed by atoms with Gasteiger partial charge in [-0.2, -0.15) is 0 Å². The fourth-order valence-electron chi connectivity index (χ4n) is 1.48. The molecular weight excluding hydrogens is 282 g/mol. The molecule has 100 valence electrons. The summed E-state index contributed by atoms with van der Waals surface area (Å²) in [6, 6.07) is 3.07. The third kappa shape index (κ3) is 2.84. The van der Waals surface area contributed by atoms with Crippen LogP contribution in [0.15, 0.2) is 18.3 Å². The van der Waals surface area contributed by atoms with Gasteiger partial charge in [-0.25, -0.2) is 23.2 Å². The highest BCUT2D eigenvalue weighted by Crippen LogP contribution is 2.22. The molecular formula is C10H7ClF2N4O2. The van der Waals surface area contributed by atoms with E-state index in [0.29, 0.717) is 5.56 Å². The van der Waals surface area contributed by atoms with Crippen molar-refractivity contribution in [1.82, 2.24) is 20.0 Å². The first-order valence-electron chi connectivity index (χ1n) is 5.04. The predicted molar refractivity (Wildman–Crippen MR) is 60.3 cm³/mol. The number of rotatable bonds is 4. The number of halogens is 3. The van der Waals surface area contributed by atoms with E-state index in [2.05, 4.69) is 15.3 Å². The zero-order valence-electron chi connectivity index (χ0n) is 9.29. The Labute approximate surface area is 110 Å². The van der Waals surface area contributed by atoms with Crippen LogP contribution in [0.25, 0.3) is 0 Å². The number of carboxylic acids is 1. The van der Waals surface area contributed by atoms with E-state index in [4.69, 9.17) is 16.7 Å². The van der Waals surface area contributed by atoms with E-state index in [1.807, 2.05) is 0 Å². The van der Waals surface area contributed by atoms with Crippen molar-refractivity contribution in [3.8, 4) is 0 Å². The monoisotopic (exact) mass is 288 g/mol. The molecule has 2 rings (SSSR count). The van der Waals surface area contributed by atoms with Crippen molar-refractivity contribution in [3.63, 3.8) is 0 Å². The van der Waals surface area contributed by atoms with Gasteiger partial charge in [0, 0.05) is 6.20 Å². The highest BCUT2D eigenvalue weighted by Gasteiger charge is 2.26. The molecule has 0 unspecified atom stereocenters. The molecule has 2 heterocycles. The maximum absolute atomic E-state index is 12.8. The minimum atomic E-state index is -2.98. The van der Waals surface area contributed by atoms with Crippen molar-refractivity contribution in [1.29, 1.82) is 0 Å². The second-order valence-electron chi connectivity index (χ2n) is 3.58. The van der Waals surface area contributed by atoms with Crippen LogP contribution in [-0.4, -0.2) is 31.1 Å². The van der Waals surface area contributed by atoms with Crippen LogP contribution >= 0.6 is 11.6 Å². The quantitative estimate of drug-likeness (QED) is 0.870. The van der Waals surface area contributed by atoms with Crippen LogP contribution in [0.3, 0.4) is 0 Å². The van der Waals surface area contributed by atoms with Crippen LogP contribution < -0.4 is 0 Å². The Morgan fingerprint density at radius 2 is 2.21 bits per heavy atom. The van der Waals surface area contributed by atoms with Crippen molar-refractivity contribution in [2.75, 3.05) is 0 Å². The number of aromatic nitrogens is 4. The first kappa shape index (κ1) is 13.3. The Hall–Kier alpha value is -2.09. The number of carboxylic acid groups (broad SMARTS) is 1. The first-order valence-corrected chi connectivity index (χ1v) is 5.42. The Bertz CT molecular complexity index is 600. The molecule has 0 radical (unpaired) electrons. The molecule has 1 N–H and O–H groups in total. The van der Waals surface area contributed by atoms with Crippen molar-refractivity contribution >= 4 is 17.6 Å². The van der Waals surface area contributed by atoms with E-state index in [1.165, 1.54) is 12.3 Å². The fourth-order valence-corrected chi connectivity index (χ4v) is 1.59. The number of hydrogen-bond donors (Lipinski definition) is 1. The summed E-state index contributed by atoms with van der Waals surface area (Å²) in [5.74, 6) is -1.55. The Balaban J connectivity index is 2.35. The van der Waals surface area contributed by atoms with Gasteiger partial charge < -0.3 is 5.11 Å². The molecule has 0 saturated heterocycles. The topological polar surface area (TPSA) is 80.9 Å². The van der Waals surface area contributed by atoms with E-state index < -0.39 is 23.8 Å². The Morgan fingerprint density at radius 1 is 1.47 bits per heavy atom. The van der Waals surface area contributed by atoms with E-state index in [1.54, 1.807) is 6.07 Å². The van der Waals surface area contributed by atoms with Gasteiger partial charge >= 0.3 is 5.97 Å². The van der Waals surface area contributed by atoms with Gasteiger partial charge in [-0.3, -0.25) is 0 Å². The summed E-state index contributed by atoms with van der Waals surface area (Å²) < 4.78 is 26.5. The summed E-state index contributed by atoms with van der Waals surface area (Å²) in [6.07, 6.45) is -1.60. The van der Waals surface area contributed by atoms with Gasteiger partial charge in [-0.15, -0.1) is 5.10 Å². The second kappa shape index (κ2) is 5.27. The third-order valence-corrected chi connectivity index (χ3v) is 2.53. The fraction of sp³-hybridized carbons (Fsp3) is 0.200. The number of alkyl halides is 2. The summed E-state index contributed by atoms with van der Waals surface area (Å²) in [4.78, 5) is 14.5. The molecule has 6 nitrogen and oxygen atoms in total. The van der Waals surface area contributed by atoms with E-state index in [9.17, 15) is 13.6 Å². The largest absolute Gasteiger partial charge is 0.476 e. The number of pyridine rings is 1. The first-order chi connectivity index (χ1) is 8.99. The lowest BCUT2D eigenvalue weighted by atomic mass is 10.2. The molecule has 0 atom stereocenters. The van der Waals surface area contributed by atoms with Gasteiger partial charge in [0.1, 0.15) is 10.8 Å². The number of nitrogens with zero attached hydrogens (tertiary/aromatic N) is 4. The van der Waals surface area contributed by atoms with Crippen molar-refractivity contribution < 1.29 is 18.7 Å². The zero-order chi connectivity index (χ0) is 14.0. The molecule has 0 bridgehead atoms. The Morgan fingerprint density at radius 3 is 2.74 bits per heavy atom. The molecule has 2 aromatic rings. The average molecular weight is 289 g/mol. The van der Waals surface area contributed by atoms with Crippen molar-refractivity contribution in [2.45, 2.75) is 13.0 Å². The molecule has 0 aliphatic heterocycles. The number of aromatic carboxylic acids is 1. The van der Waals surface area contributed by atoms with Crippen molar-refractivity contribution in [2.24, 2.45) is 0 Å². The third-order valence-electron chi connectivity index (χ3n) is 2.30. The maximum Gasteiger partial charge on any atom is 0.358 e. The second-order valence-corrected chi connectivity index (χ2v) is 3.96. The minimum Gasteiger partial charge on any atom is -0.476 e. The smallest absolute Gasteiger partial charge is 0.358 e. The molecule has 0 aromatic carbocycles. The number of carbonyl (C=O) groups is 1. The van der Waals surface area contributed by atoms with Gasteiger partial charge in [0.15, 0.2) is 5.69 Å². The molecule has 0 saturated carbocycles. The molecule has 0 aliphatic rings. The predicted octanol–water partition coefficient (Wildman–Crippen LogP) is 2.01. The van der Waals surface area contributed by atoms with Gasteiger partial charge in [-0.05, 0) is 11.6 Å². The summed E-state index contributed by atoms with van der Waals surface area (Å²) in [5, 5.41) is 15.7. The van der Waals surface area contributed by atoms with Crippen molar-refractivity contribution in [3.05, 3.63) is 40.4 Å². The van der Waals surface area contributed by atoms with E-state index in [-0.39, 0.29) is 11.7 Å². The Kier molecular flexibility index (Phi) is 3.70. The lowest BCUT2D eigenvalue weighted by molar-refractivity contribution is 0.0675. The summed E-state index contributed by atoms with van der Waals surface area (Å²) in [7, 11) is 0. The van der Waals surface area contributed by atoms with Crippen LogP contribution in [0.5, 0.6) is 0 Å². The lowest BCUT2D eigenvalue weighted by Gasteiger charge is -2.06. The zero-order valence-corrected chi connectivity index (χ0v) is 10.1. The molecule has 0 spiro atoms.